The van der Waals surface area contributed by atoms with E-state index in [1.165, 1.54) is 0 Å². The second-order valence-electron chi connectivity index (χ2n) is 3.85. The lowest BCUT2D eigenvalue weighted by atomic mass is 9.92. The maximum atomic E-state index is 13.1. The summed E-state index contributed by atoms with van der Waals surface area (Å²) in [6.07, 6.45) is -4.71. The molecule has 2 nitrogen and oxygen atoms in total. The minimum atomic E-state index is -4.71. The lowest BCUT2D eigenvalue weighted by Gasteiger charge is -2.20. The summed E-state index contributed by atoms with van der Waals surface area (Å²) < 4.78 is 63.4. The summed E-state index contributed by atoms with van der Waals surface area (Å²) in [5, 5.41) is 8.69. The van der Waals surface area contributed by atoms with E-state index in [-0.39, 0.29) is 0 Å². The second-order valence-corrected chi connectivity index (χ2v) is 3.85. The number of carbonyl (C=O) groups is 1. The van der Waals surface area contributed by atoms with Crippen LogP contribution >= 0.6 is 0 Å². The number of aliphatic carboxylic acids is 1. The van der Waals surface area contributed by atoms with Gasteiger partial charge >= 0.3 is 12.1 Å². The Kier molecular flexibility index (Phi) is 3.64. The van der Waals surface area contributed by atoms with E-state index >= 15 is 0 Å². The Morgan fingerprint density at radius 1 is 1.22 bits per heavy atom. The molecule has 0 spiro atoms. The molecule has 1 N–H and O–H groups in total. The quantitative estimate of drug-likeness (QED) is 0.851. The van der Waals surface area contributed by atoms with Crippen LogP contribution < -0.4 is 0 Å². The van der Waals surface area contributed by atoms with E-state index in [4.69, 9.17) is 5.11 Å². The molecule has 0 aliphatic rings. The number of benzene rings is 1. The molecule has 100 valence electrons. The van der Waals surface area contributed by atoms with Crippen LogP contribution in [0.4, 0.5) is 22.0 Å². The zero-order chi connectivity index (χ0) is 14.1. The van der Waals surface area contributed by atoms with Crippen LogP contribution in [-0.2, 0) is 11.0 Å². The summed E-state index contributed by atoms with van der Waals surface area (Å²) in [7, 11) is 0. The van der Waals surface area contributed by atoms with Crippen LogP contribution in [0.25, 0.3) is 0 Å². The number of hydrogen-bond acceptors (Lipinski definition) is 1. The van der Waals surface area contributed by atoms with Crippen LogP contribution in [-0.4, -0.2) is 17.0 Å². The van der Waals surface area contributed by atoms with E-state index in [2.05, 4.69) is 0 Å². The van der Waals surface area contributed by atoms with Gasteiger partial charge in [0.05, 0.1) is 5.56 Å². The van der Waals surface area contributed by atoms with Gasteiger partial charge in [-0.2, -0.15) is 13.2 Å². The van der Waals surface area contributed by atoms with Crippen molar-refractivity contribution >= 4 is 5.97 Å². The van der Waals surface area contributed by atoms with Gasteiger partial charge in [0.15, 0.2) is 0 Å². The van der Waals surface area contributed by atoms with Gasteiger partial charge in [0.2, 0.25) is 0 Å². The summed E-state index contributed by atoms with van der Waals surface area (Å²) >= 11 is 0. The fourth-order valence-corrected chi connectivity index (χ4v) is 1.55. The Hall–Kier alpha value is -1.66. The van der Waals surface area contributed by atoms with Gasteiger partial charge in [-0.3, -0.25) is 4.79 Å². The van der Waals surface area contributed by atoms with E-state index < -0.39 is 35.1 Å². The zero-order valence-electron chi connectivity index (χ0n) is 9.13. The van der Waals surface area contributed by atoms with Crippen LogP contribution in [0.5, 0.6) is 0 Å². The highest BCUT2D eigenvalue weighted by atomic mass is 19.4. The molecular weight excluding hydrogens is 259 g/mol. The molecule has 0 saturated heterocycles. The van der Waals surface area contributed by atoms with Crippen molar-refractivity contribution in [3.05, 3.63) is 35.4 Å². The summed E-state index contributed by atoms with van der Waals surface area (Å²) in [6, 6.07) is 2.96. The van der Waals surface area contributed by atoms with Gasteiger partial charge in [-0.1, -0.05) is 18.2 Å². The van der Waals surface area contributed by atoms with E-state index in [1.807, 2.05) is 0 Å². The maximum Gasteiger partial charge on any atom is 0.416 e. The lowest BCUT2D eigenvalue weighted by Crippen LogP contribution is -2.29. The van der Waals surface area contributed by atoms with Gasteiger partial charge in [-0.15, -0.1) is 0 Å². The molecule has 7 heteroatoms. The normalized spacial score (nSPS) is 14.3. The van der Waals surface area contributed by atoms with Crippen molar-refractivity contribution in [2.24, 2.45) is 0 Å². The van der Waals surface area contributed by atoms with Gasteiger partial charge in [-0.25, -0.2) is 8.78 Å². The zero-order valence-corrected chi connectivity index (χ0v) is 9.13. The highest BCUT2D eigenvalue weighted by Gasteiger charge is 2.42. The highest BCUT2D eigenvalue weighted by molar-refractivity contribution is 5.77. The fraction of sp³-hybridized carbons (Fsp3) is 0.364. The molecule has 1 rings (SSSR count). The van der Waals surface area contributed by atoms with Gasteiger partial charge < -0.3 is 5.11 Å². The number of rotatable bonds is 3. The fourth-order valence-electron chi connectivity index (χ4n) is 1.55. The van der Waals surface area contributed by atoms with Gasteiger partial charge in [0.25, 0.3) is 5.92 Å². The first-order valence-corrected chi connectivity index (χ1v) is 4.81. The standard InChI is InChI=1S/C11H9F5O2/c1-10(12,13)8(9(17)18)6-3-2-4-7(5-6)11(14,15)16/h2-5,8H,1H3,(H,17,18). The van der Waals surface area contributed by atoms with Crippen molar-refractivity contribution in [3.63, 3.8) is 0 Å². The van der Waals surface area contributed by atoms with E-state index in [0.717, 1.165) is 12.1 Å². The molecule has 0 saturated carbocycles. The third kappa shape index (κ3) is 3.18. The molecule has 0 aliphatic carbocycles. The van der Waals surface area contributed by atoms with E-state index in [1.54, 1.807) is 0 Å². The molecule has 0 radical (unpaired) electrons. The van der Waals surface area contributed by atoms with Crippen molar-refractivity contribution < 1.29 is 31.9 Å². The third-order valence-electron chi connectivity index (χ3n) is 2.30. The van der Waals surface area contributed by atoms with Crippen LogP contribution in [0.1, 0.15) is 24.0 Å². The number of carboxylic acids is 1. The van der Waals surface area contributed by atoms with Crippen LogP contribution in [0.3, 0.4) is 0 Å². The number of halogens is 5. The summed E-state index contributed by atoms with van der Waals surface area (Å²) in [5.41, 5.74) is -1.74. The summed E-state index contributed by atoms with van der Waals surface area (Å²) in [6.45, 7) is 0.353. The summed E-state index contributed by atoms with van der Waals surface area (Å²) in [4.78, 5) is 10.7. The van der Waals surface area contributed by atoms with Crippen LogP contribution in [0, 0.1) is 0 Å². The molecule has 1 unspecified atom stereocenters. The first kappa shape index (κ1) is 14.4. The Morgan fingerprint density at radius 2 is 1.78 bits per heavy atom. The van der Waals surface area contributed by atoms with Gasteiger partial charge in [0, 0.05) is 6.92 Å². The highest BCUT2D eigenvalue weighted by Crippen LogP contribution is 2.36. The monoisotopic (exact) mass is 268 g/mol. The van der Waals surface area contributed by atoms with E-state index in [9.17, 15) is 26.7 Å². The molecule has 0 heterocycles. The Bertz CT molecular complexity index is 447. The van der Waals surface area contributed by atoms with Crippen molar-refractivity contribution in [3.8, 4) is 0 Å². The molecule has 0 bridgehead atoms. The first-order chi connectivity index (χ1) is 8.03. The predicted molar refractivity (Wildman–Crippen MR) is 52.4 cm³/mol. The minimum Gasteiger partial charge on any atom is -0.481 e. The molecule has 0 fully saturated rings. The Labute approximate surface area is 99.0 Å². The molecule has 1 aromatic carbocycles. The maximum absolute atomic E-state index is 13.1. The van der Waals surface area contributed by atoms with Crippen molar-refractivity contribution in [2.45, 2.75) is 24.9 Å². The van der Waals surface area contributed by atoms with Crippen molar-refractivity contribution in [1.29, 1.82) is 0 Å². The van der Waals surface area contributed by atoms with Crippen LogP contribution in [0.2, 0.25) is 0 Å². The predicted octanol–water partition coefficient (Wildman–Crippen LogP) is 3.53. The van der Waals surface area contributed by atoms with Crippen molar-refractivity contribution in [1.82, 2.24) is 0 Å². The van der Waals surface area contributed by atoms with E-state index in [0.29, 0.717) is 19.1 Å². The largest absolute Gasteiger partial charge is 0.481 e. The number of hydrogen-bond donors (Lipinski definition) is 1. The molecule has 1 aromatic rings. The molecule has 0 aliphatic heterocycles. The second kappa shape index (κ2) is 4.55. The minimum absolute atomic E-state index is 0.353. The molecular formula is C11H9F5O2. The Balaban J connectivity index is 3.27. The smallest absolute Gasteiger partial charge is 0.416 e. The van der Waals surface area contributed by atoms with Crippen molar-refractivity contribution in [2.75, 3.05) is 0 Å². The lowest BCUT2D eigenvalue weighted by molar-refractivity contribution is -0.148. The van der Waals surface area contributed by atoms with Gasteiger partial charge in [0.1, 0.15) is 5.92 Å². The summed E-state index contributed by atoms with van der Waals surface area (Å²) in [5.74, 6) is -7.84. The molecule has 0 aromatic heterocycles. The molecule has 18 heavy (non-hydrogen) atoms. The topological polar surface area (TPSA) is 37.3 Å². The third-order valence-corrected chi connectivity index (χ3v) is 2.30. The molecule has 1 atom stereocenters. The van der Waals surface area contributed by atoms with Crippen LogP contribution in [0.15, 0.2) is 24.3 Å². The average Bonchev–Trinajstić information content (AvgIpc) is 2.13. The Morgan fingerprint density at radius 3 is 2.17 bits per heavy atom. The number of alkyl halides is 5. The SMILES string of the molecule is CC(F)(F)C(C(=O)O)c1cccc(C(F)(F)F)c1. The van der Waals surface area contributed by atoms with Gasteiger partial charge in [-0.05, 0) is 11.6 Å². The number of carboxylic acid groups (broad SMARTS) is 1. The average molecular weight is 268 g/mol. The molecule has 0 amide bonds. The first-order valence-electron chi connectivity index (χ1n) is 4.81.